The maximum absolute atomic E-state index is 14.0. The number of amides is 2. The molecule has 0 radical (unpaired) electrons. The Bertz CT molecular complexity index is 1860. The maximum Gasteiger partial charge on any atom is 0.303 e. The molecule has 0 unspecified atom stereocenters. The number of carbonyl (C=O) groups is 3. The van der Waals surface area contributed by atoms with Gasteiger partial charge >= 0.3 is 5.97 Å². The lowest BCUT2D eigenvalue weighted by atomic mass is 10.1. The molecular weight excluding hydrogens is 805 g/mol. The first-order chi connectivity index (χ1) is 30.3. The van der Waals surface area contributed by atoms with Crippen LogP contribution in [0, 0.1) is 12.3 Å². The fourth-order valence-electron chi connectivity index (χ4n) is 6.90. The Balaban J connectivity index is 1.20. The average molecular weight is 867 g/mol. The van der Waals surface area contributed by atoms with Crippen LogP contribution in [0.5, 0.6) is 0 Å². The number of unbranched alkanes of at least 4 members (excludes halogenated alkanes) is 2. The summed E-state index contributed by atoms with van der Waals surface area (Å²) in [6, 6.07) is -0.592. The summed E-state index contributed by atoms with van der Waals surface area (Å²) in [5.41, 5.74) is 12.7. The number of nitrogens with two attached hydrogens (primary N) is 2. The van der Waals surface area contributed by atoms with Crippen molar-refractivity contribution in [3.63, 3.8) is 0 Å². The molecule has 23 heteroatoms. The van der Waals surface area contributed by atoms with Crippen LogP contribution < -0.4 is 26.6 Å². The highest BCUT2D eigenvalue weighted by Gasteiger charge is 2.31. The first kappa shape index (κ1) is 47.5. The lowest BCUT2D eigenvalue weighted by Crippen LogP contribution is -2.51. The molecule has 5 heterocycles. The van der Waals surface area contributed by atoms with Gasteiger partial charge in [0.15, 0.2) is 0 Å². The maximum atomic E-state index is 14.0. The third-order valence-corrected chi connectivity index (χ3v) is 10.3. The third-order valence-electron chi connectivity index (χ3n) is 10.3. The molecule has 0 bridgehead atoms. The van der Waals surface area contributed by atoms with E-state index in [2.05, 4.69) is 31.9 Å². The molecule has 6 N–H and O–H groups in total. The molecule has 0 saturated carbocycles. The molecule has 3 aromatic heterocycles. The van der Waals surface area contributed by atoms with E-state index >= 15 is 0 Å². The predicted molar refractivity (Wildman–Crippen MR) is 227 cm³/mol. The van der Waals surface area contributed by atoms with E-state index in [0.29, 0.717) is 135 Å². The van der Waals surface area contributed by atoms with Gasteiger partial charge in [-0.3, -0.25) is 14.4 Å². The zero-order valence-electron chi connectivity index (χ0n) is 35.6. The van der Waals surface area contributed by atoms with Crippen LogP contribution in [0.15, 0.2) is 12.4 Å². The quantitative estimate of drug-likeness (QED) is 0.0494. The summed E-state index contributed by atoms with van der Waals surface area (Å²) in [5.74, 6) is 2.69. The van der Waals surface area contributed by atoms with Gasteiger partial charge in [-0.2, -0.15) is 15.0 Å². The molecule has 23 nitrogen and oxygen atoms in total. The molecule has 2 fully saturated rings. The van der Waals surface area contributed by atoms with Crippen molar-refractivity contribution >= 4 is 35.6 Å². The van der Waals surface area contributed by atoms with Gasteiger partial charge in [-0.1, -0.05) is 16.3 Å². The van der Waals surface area contributed by atoms with Crippen LogP contribution in [0.4, 0.5) is 17.8 Å². The zero-order chi connectivity index (χ0) is 43.9. The van der Waals surface area contributed by atoms with Crippen LogP contribution in [0.2, 0.25) is 0 Å². The molecular formula is C39H62N16O7. The van der Waals surface area contributed by atoms with Crippen molar-refractivity contribution in [3.05, 3.63) is 23.8 Å². The second-order valence-corrected chi connectivity index (χ2v) is 14.9. The Kier molecular flexibility index (Phi) is 20.0. The second-order valence-electron chi connectivity index (χ2n) is 14.9. The molecule has 2 aliphatic rings. The topological polar surface area (TPSA) is 276 Å². The number of nitrogens with zero attached hydrogens (tertiary/aromatic N) is 13. The number of rotatable bonds is 28. The number of aromatic nitrogens is 9. The van der Waals surface area contributed by atoms with Crippen LogP contribution >= 0.6 is 0 Å². The first-order valence-corrected chi connectivity index (χ1v) is 21.4. The van der Waals surface area contributed by atoms with E-state index < -0.39 is 12.0 Å². The lowest BCUT2D eigenvalue weighted by molar-refractivity contribution is -0.137. The first-order valence-electron chi connectivity index (χ1n) is 21.4. The number of ether oxygens (including phenoxy) is 3. The van der Waals surface area contributed by atoms with Gasteiger partial charge in [-0.15, -0.1) is 16.6 Å². The zero-order valence-corrected chi connectivity index (χ0v) is 35.6. The molecule has 5 rings (SSSR count). The lowest BCUT2D eigenvalue weighted by Gasteiger charge is -2.37. The van der Waals surface area contributed by atoms with Crippen LogP contribution in [0.1, 0.15) is 56.0 Å². The van der Waals surface area contributed by atoms with Gasteiger partial charge in [0.05, 0.1) is 50.8 Å². The van der Waals surface area contributed by atoms with Crippen molar-refractivity contribution in [2.75, 3.05) is 127 Å². The van der Waals surface area contributed by atoms with Gasteiger partial charge in [0, 0.05) is 77.7 Å². The van der Waals surface area contributed by atoms with E-state index in [-0.39, 0.29) is 37.8 Å². The number of hydrogen-bond donors (Lipinski definition) is 4. The fourth-order valence-corrected chi connectivity index (χ4v) is 6.90. The Morgan fingerprint density at radius 3 is 2.03 bits per heavy atom. The standard InChI is InChI=1S/C39H62N16O7/c1-2-22-60-24-26-62-27-25-61-23-13-42-37-43-38(52-18-14-50(15-19-52)34(56)30-54-28-31(46-48-54)7-3-5-11-40)45-39(44-37)53-20-16-51(17-21-53)36(59)33(8-4-6-12-41)55-29-32(47-49-55)9-10-35(57)58/h1,28-29,33H,3-27,30,40-41H2,(H,57,58)(H,42,43,44,45)/t33-/m0/s1. The normalized spacial score (nSPS) is 14.9. The Hall–Kier alpha value is -5.54. The number of anilines is 3. The monoisotopic (exact) mass is 866 g/mol. The Morgan fingerprint density at radius 2 is 1.37 bits per heavy atom. The second kappa shape index (κ2) is 26.1. The number of aryl methyl sites for hydroxylation is 2. The molecule has 2 amide bonds. The minimum absolute atomic E-state index is 0.0409. The van der Waals surface area contributed by atoms with Gasteiger partial charge in [0.25, 0.3) is 0 Å². The molecule has 0 spiro atoms. The SMILES string of the molecule is C#CCOCCOCCOCCNc1nc(N2CCN(C(=O)Cn3cc(CCCCN)nn3)CC2)nc(N2CCN(C(=O)[C@H](CCCCN)n3cc(CCC(=O)O)nn3)CC2)n1. The third kappa shape index (κ3) is 15.4. The fraction of sp³-hybridized carbons (Fsp3) is 0.692. The highest BCUT2D eigenvalue weighted by molar-refractivity contribution is 5.80. The summed E-state index contributed by atoms with van der Waals surface area (Å²) in [6.07, 6.45) is 13.4. The molecule has 2 aliphatic heterocycles. The van der Waals surface area contributed by atoms with Crippen LogP contribution in [0.3, 0.4) is 0 Å². The summed E-state index contributed by atoms with van der Waals surface area (Å²) in [5, 5.41) is 29.1. The summed E-state index contributed by atoms with van der Waals surface area (Å²) in [7, 11) is 0. The van der Waals surface area contributed by atoms with Crippen LogP contribution in [-0.4, -0.2) is 189 Å². The van der Waals surface area contributed by atoms with Gasteiger partial charge in [0.1, 0.15) is 19.2 Å². The van der Waals surface area contributed by atoms with E-state index in [9.17, 15) is 14.4 Å². The summed E-state index contributed by atoms with van der Waals surface area (Å²) >= 11 is 0. The Labute approximate surface area is 361 Å². The number of nitrogens with one attached hydrogen (secondary N) is 1. The highest BCUT2D eigenvalue weighted by Crippen LogP contribution is 2.23. The number of piperazine rings is 2. The molecule has 2 saturated heterocycles. The minimum atomic E-state index is -0.926. The summed E-state index contributed by atoms with van der Waals surface area (Å²) in [4.78, 5) is 60.5. The van der Waals surface area contributed by atoms with Crippen molar-refractivity contribution in [2.45, 2.75) is 64.0 Å². The molecule has 0 aliphatic carbocycles. The number of aliphatic carboxylic acids is 1. The molecule has 1 atom stereocenters. The smallest absolute Gasteiger partial charge is 0.303 e. The number of terminal acetylenes is 1. The average Bonchev–Trinajstić information content (AvgIpc) is 3.96. The van der Waals surface area contributed by atoms with Crippen molar-refractivity contribution in [1.29, 1.82) is 0 Å². The number of carbonyl (C=O) groups excluding carboxylic acids is 2. The van der Waals surface area contributed by atoms with E-state index in [4.69, 9.17) is 52.2 Å². The van der Waals surface area contributed by atoms with Crippen LogP contribution in [-0.2, 0) is 48.0 Å². The van der Waals surface area contributed by atoms with E-state index in [1.807, 2.05) is 25.8 Å². The van der Waals surface area contributed by atoms with Gasteiger partial charge in [0.2, 0.25) is 29.7 Å². The molecule has 340 valence electrons. The Morgan fingerprint density at radius 1 is 0.758 bits per heavy atom. The van der Waals surface area contributed by atoms with Crippen molar-refractivity contribution in [2.24, 2.45) is 11.5 Å². The molecule has 62 heavy (non-hydrogen) atoms. The predicted octanol–water partition coefficient (Wildman–Crippen LogP) is -1.18. The van der Waals surface area contributed by atoms with E-state index in [1.54, 1.807) is 15.6 Å². The molecule has 0 aromatic carbocycles. The highest BCUT2D eigenvalue weighted by atomic mass is 16.5. The van der Waals surface area contributed by atoms with Crippen molar-refractivity contribution < 1.29 is 33.7 Å². The molecule has 3 aromatic rings. The number of carboxylic acid groups (broad SMARTS) is 1. The van der Waals surface area contributed by atoms with Crippen LogP contribution in [0.25, 0.3) is 0 Å². The number of hydrogen-bond acceptors (Lipinski definition) is 18. The van der Waals surface area contributed by atoms with Gasteiger partial charge < -0.3 is 55.7 Å². The summed E-state index contributed by atoms with van der Waals surface area (Å²) < 4.78 is 19.6. The summed E-state index contributed by atoms with van der Waals surface area (Å²) in [6.45, 7) is 7.76. The number of carboxylic acids is 1. The van der Waals surface area contributed by atoms with E-state index in [0.717, 1.165) is 37.8 Å². The van der Waals surface area contributed by atoms with E-state index in [1.165, 1.54) is 0 Å². The van der Waals surface area contributed by atoms with Crippen molar-refractivity contribution in [3.8, 4) is 12.3 Å². The van der Waals surface area contributed by atoms with Gasteiger partial charge in [-0.05, 0) is 51.6 Å². The largest absolute Gasteiger partial charge is 0.481 e. The van der Waals surface area contributed by atoms with Crippen molar-refractivity contribution in [1.82, 2.24) is 54.7 Å². The minimum Gasteiger partial charge on any atom is -0.481 e. The van der Waals surface area contributed by atoms with Gasteiger partial charge in [-0.25, -0.2) is 9.36 Å².